The first kappa shape index (κ1) is 20.1. The number of nitrogens with zero attached hydrogens (tertiary/aromatic N) is 4. The van der Waals surface area contributed by atoms with Crippen LogP contribution in [0.2, 0.25) is 0 Å². The maximum atomic E-state index is 11.4. The largest absolute Gasteiger partial charge is 0.364 e. The van der Waals surface area contributed by atoms with Crippen molar-refractivity contribution in [3.63, 3.8) is 0 Å². The van der Waals surface area contributed by atoms with E-state index in [1.54, 1.807) is 44.0 Å². The molecule has 0 unspecified atom stereocenters. The number of H-pyrrole nitrogens is 1. The van der Waals surface area contributed by atoms with Crippen LogP contribution in [0.25, 0.3) is 11.4 Å². The van der Waals surface area contributed by atoms with Gasteiger partial charge in [0.1, 0.15) is 0 Å². The highest BCUT2D eigenvalue weighted by Gasteiger charge is 2.04. The van der Waals surface area contributed by atoms with Crippen LogP contribution in [0.15, 0.2) is 49.1 Å². The zero-order valence-electron chi connectivity index (χ0n) is 14.6. The van der Waals surface area contributed by atoms with Gasteiger partial charge in [0, 0.05) is 50.0 Å². The van der Waals surface area contributed by atoms with Gasteiger partial charge in [-0.05, 0) is 48.7 Å². The monoisotopic (exact) mass is 402 g/mol. The third-order valence-corrected chi connectivity index (χ3v) is 3.95. The number of amides is 1. The van der Waals surface area contributed by atoms with E-state index >= 15 is 0 Å². The van der Waals surface area contributed by atoms with E-state index in [2.05, 4.69) is 36.3 Å². The molecule has 0 aliphatic heterocycles. The summed E-state index contributed by atoms with van der Waals surface area (Å²) >= 11 is 9.78. The minimum absolute atomic E-state index is 0.259. The molecule has 0 aliphatic rings. The van der Waals surface area contributed by atoms with Gasteiger partial charge in [-0.25, -0.2) is 0 Å². The molecule has 3 heterocycles. The smallest absolute Gasteiger partial charge is 0.269 e. The summed E-state index contributed by atoms with van der Waals surface area (Å²) < 4.78 is 2.44. The Balaban J connectivity index is 0.000000194. The van der Waals surface area contributed by atoms with Crippen LogP contribution in [0.4, 0.5) is 0 Å². The summed E-state index contributed by atoms with van der Waals surface area (Å²) in [6, 6.07) is 7.01. The highest BCUT2D eigenvalue weighted by Crippen LogP contribution is 2.13. The molecule has 3 aromatic heterocycles. The van der Waals surface area contributed by atoms with Crippen molar-refractivity contribution >= 4 is 35.5 Å². The molecule has 11 heteroatoms. The second-order valence-electron chi connectivity index (χ2n) is 5.04. The average Bonchev–Trinajstić information content (AvgIpc) is 3.06. The topological polar surface area (TPSA) is 113 Å². The van der Waals surface area contributed by atoms with E-state index in [0.717, 1.165) is 11.4 Å². The van der Waals surface area contributed by atoms with E-state index in [1.807, 2.05) is 23.7 Å². The molecular formula is C16H18N8OS2. The highest BCUT2D eigenvalue weighted by atomic mass is 32.1. The van der Waals surface area contributed by atoms with E-state index in [1.165, 1.54) is 0 Å². The number of nitrogens with one attached hydrogen (secondary N) is 4. The SMILES string of the molecule is CNC(=S)NNC(=O)c1ccncc1.Cn1c(-c2ccncc2)n[nH]c1=S. The molecule has 0 saturated heterocycles. The normalized spacial score (nSPS) is 9.56. The Kier molecular flexibility index (Phi) is 7.52. The summed E-state index contributed by atoms with van der Waals surface area (Å²) in [5.41, 5.74) is 6.48. The van der Waals surface area contributed by atoms with E-state index in [4.69, 9.17) is 24.4 Å². The summed E-state index contributed by atoms with van der Waals surface area (Å²) in [7, 11) is 3.54. The quantitative estimate of drug-likeness (QED) is 0.375. The van der Waals surface area contributed by atoms with Crippen LogP contribution in [-0.4, -0.2) is 42.8 Å². The van der Waals surface area contributed by atoms with Crippen LogP contribution in [0.1, 0.15) is 10.4 Å². The van der Waals surface area contributed by atoms with Gasteiger partial charge in [-0.2, -0.15) is 5.10 Å². The lowest BCUT2D eigenvalue weighted by Gasteiger charge is -2.08. The number of pyridine rings is 2. The van der Waals surface area contributed by atoms with Crippen molar-refractivity contribution in [3.05, 3.63) is 59.4 Å². The molecule has 0 aliphatic carbocycles. The minimum Gasteiger partial charge on any atom is -0.364 e. The van der Waals surface area contributed by atoms with Crippen molar-refractivity contribution in [3.8, 4) is 11.4 Å². The van der Waals surface area contributed by atoms with Crippen LogP contribution in [-0.2, 0) is 7.05 Å². The maximum absolute atomic E-state index is 11.4. The molecule has 3 aromatic rings. The average molecular weight is 403 g/mol. The van der Waals surface area contributed by atoms with Gasteiger partial charge in [-0.1, -0.05) is 0 Å². The highest BCUT2D eigenvalue weighted by molar-refractivity contribution is 7.80. The second kappa shape index (κ2) is 10.1. The molecule has 3 rings (SSSR count). The van der Waals surface area contributed by atoms with Crippen LogP contribution in [0, 0.1) is 4.77 Å². The van der Waals surface area contributed by atoms with Gasteiger partial charge in [0.25, 0.3) is 5.91 Å². The molecule has 9 nitrogen and oxygen atoms in total. The summed E-state index contributed by atoms with van der Waals surface area (Å²) in [5, 5.41) is 9.85. The Morgan fingerprint density at radius 1 is 1.07 bits per heavy atom. The van der Waals surface area contributed by atoms with Crippen molar-refractivity contribution < 1.29 is 4.79 Å². The Bertz CT molecular complexity index is 940. The Hall–Kier alpha value is -3.18. The third kappa shape index (κ3) is 5.94. The number of carbonyl (C=O) groups is 1. The lowest BCUT2D eigenvalue weighted by Crippen LogP contribution is -2.45. The fourth-order valence-corrected chi connectivity index (χ4v) is 2.04. The fraction of sp³-hybridized carbons (Fsp3) is 0.125. The van der Waals surface area contributed by atoms with Crippen LogP contribution in [0.5, 0.6) is 0 Å². The minimum atomic E-state index is -0.259. The van der Waals surface area contributed by atoms with Gasteiger partial charge in [0.15, 0.2) is 15.7 Å². The third-order valence-electron chi connectivity index (χ3n) is 3.28. The summed E-state index contributed by atoms with van der Waals surface area (Å²) in [6.07, 6.45) is 6.55. The predicted molar refractivity (Wildman–Crippen MR) is 108 cm³/mol. The molecule has 4 N–H and O–H groups in total. The van der Waals surface area contributed by atoms with Gasteiger partial charge in [-0.15, -0.1) is 0 Å². The number of carbonyl (C=O) groups excluding carboxylic acids is 1. The number of aromatic amines is 1. The van der Waals surface area contributed by atoms with Crippen molar-refractivity contribution in [1.29, 1.82) is 0 Å². The first-order chi connectivity index (χ1) is 13.0. The summed E-state index contributed by atoms with van der Waals surface area (Å²) in [5.74, 6) is 0.567. The van der Waals surface area contributed by atoms with E-state index in [-0.39, 0.29) is 5.91 Å². The van der Waals surface area contributed by atoms with Crippen molar-refractivity contribution in [1.82, 2.24) is 40.9 Å². The number of thiocarbonyl (C=S) groups is 1. The molecule has 0 atom stereocenters. The van der Waals surface area contributed by atoms with E-state index in [0.29, 0.717) is 15.4 Å². The van der Waals surface area contributed by atoms with Crippen LogP contribution in [0.3, 0.4) is 0 Å². The Morgan fingerprint density at radius 3 is 2.19 bits per heavy atom. The Morgan fingerprint density at radius 2 is 1.67 bits per heavy atom. The molecule has 0 spiro atoms. The predicted octanol–water partition coefficient (Wildman–Crippen LogP) is 1.36. The molecule has 0 bridgehead atoms. The standard InChI is InChI=1S/C8H10N4OS.C8H8N4S/c1-9-8(14)12-11-7(13)6-2-4-10-5-3-6;1-12-7(10-11-8(12)13)6-2-4-9-5-3-6/h2-5H,1H3,(H,11,13)(H2,9,12,14);2-5H,1H3,(H,11,13). The number of hydrogen-bond donors (Lipinski definition) is 4. The van der Waals surface area contributed by atoms with Gasteiger partial charge >= 0.3 is 0 Å². The van der Waals surface area contributed by atoms with Crippen molar-refractivity contribution in [2.75, 3.05) is 7.05 Å². The summed E-state index contributed by atoms with van der Waals surface area (Å²) in [6.45, 7) is 0. The second-order valence-corrected chi connectivity index (χ2v) is 5.84. The number of hydrazine groups is 1. The zero-order valence-corrected chi connectivity index (χ0v) is 16.3. The van der Waals surface area contributed by atoms with Gasteiger partial charge in [0.05, 0.1) is 0 Å². The number of rotatable bonds is 2. The number of hydrogen-bond acceptors (Lipinski definition) is 6. The molecule has 140 valence electrons. The maximum Gasteiger partial charge on any atom is 0.269 e. The van der Waals surface area contributed by atoms with E-state index < -0.39 is 0 Å². The van der Waals surface area contributed by atoms with Gasteiger partial charge < -0.3 is 9.88 Å². The molecule has 0 fully saturated rings. The molecular weight excluding hydrogens is 384 g/mol. The lowest BCUT2D eigenvalue weighted by atomic mass is 10.2. The molecule has 27 heavy (non-hydrogen) atoms. The van der Waals surface area contributed by atoms with Gasteiger partial charge in [-0.3, -0.25) is 30.7 Å². The lowest BCUT2D eigenvalue weighted by molar-refractivity contribution is 0.0943. The Labute approximate surface area is 166 Å². The van der Waals surface area contributed by atoms with Gasteiger partial charge in [0.2, 0.25) is 0 Å². The molecule has 0 radical (unpaired) electrons. The van der Waals surface area contributed by atoms with Crippen molar-refractivity contribution in [2.24, 2.45) is 7.05 Å². The van der Waals surface area contributed by atoms with Crippen LogP contribution >= 0.6 is 24.4 Å². The van der Waals surface area contributed by atoms with E-state index in [9.17, 15) is 4.79 Å². The first-order valence-corrected chi connectivity index (χ1v) is 8.54. The van der Waals surface area contributed by atoms with Crippen molar-refractivity contribution in [2.45, 2.75) is 0 Å². The first-order valence-electron chi connectivity index (χ1n) is 7.72. The zero-order chi connectivity index (χ0) is 19.6. The van der Waals surface area contributed by atoms with Crippen LogP contribution < -0.4 is 16.2 Å². The molecule has 1 amide bonds. The number of aromatic nitrogens is 5. The molecule has 0 saturated carbocycles. The summed E-state index contributed by atoms with van der Waals surface area (Å²) in [4.78, 5) is 19.1. The molecule has 0 aromatic carbocycles. The fourth-order valence-electron chi connectivity index (χ4n) is 1.86.